The first-order valence-electron chi connectivity index (χ1n) is 9.00. The monoisotopic (exact) mass is 400 g/mol. The molecule has 10 heteroatoms. The van der Waals surface area contributed by atoms with Crippen LogP contribution < -0.4 is 5.32 Å². The summed E-state index contributed by atoms with van der Waals surface area (Å²) in [7, 11) is 1.80. The Hall–Kier alpha value is -2.20. The number of pyridine rings is 1. The number of nitrogens with zero attached hydrogens (tertiary/aromatic N) is 2. The normalized spacial score (nSPS) is 28.1. The largest absolute Gasteiger partial charge is 0.442 e. The maximum Gasteiger partial charge on any atom is 0.442 e. The topological polar surface area (TPSA) is 70.2 Å². The summed E-state index contributed by atoms with van der Waals surface area (Å²) in [5.74, 6) is -6.35. The highest BCUT2D eigenvalue weighted by Crippen LogP contribution is 2.45. The minimum atomic E-state index is -5.25. The van der Waals surface area contributed by atoms with Gasteiger partial charge in [-0.1, -0.05) is 0 Å². The van der Waals surface area contributed by atoms with Gasteiger partial charge in [-0.15, -0.1) is 0 Å². The number of carbonyl (C=O) groups is 1. The van der Waals surface area contributed by atoms with Crippen LogP contribution in [0.3, 0.4) is 0 Å². The third-order valence-electron chi connectivity index (χ3n) is 5.85. The SMILES string of the molecule is CN1[C@@H]2COC[C@H]1CC([C@](F)(NC(=O)c1c[nH]c3ncccc13)C(F)(F)F)C2. The fraction of sp³-hybridized carbons (Fsp3) is 0.556. The number of amides is 1. The lowest BCUT2D eigenvalue weighted by Crippen LogP contribution is -2.65. The minimum Gasteiger partial charge on any atom is -0.378 e. The van der Waals surface area contributed by atoms with Crippen molar-refractivity contribution >= 4 is 16.9 Å². The summed E-state index contributed by atoms with van der Waals surface area (Å²) >= 11 is 0. The Morgan fingerprint density at radius 3 is 2.61 bits per heavy atom. The van der Waals surface area contributed by atoms with Gasteiger partial charge >= 0.3 is 6.18 Å². The third-order valence-corrected chi connectivity index (χ3v) is 5.85. The first kappa shape index (κ1) is 19.1. The summed E-state index contributed by atoms with van der Waals surface area (Å²) in [5.41, 5.74) is 0.265. The van der Waals surface area contributed by atoms with Crippen molar-refractivity contribution in [3.8, 4) is 0 Å². The van der Waals surface area contributed by atoms with Crippen LogP contribution in [0.5, 0.6) is 0 Å². The molecule has 0 spiro atoms. The molecule has 2 aliphatic heterocycles. The van der Waals surface area contributed by atoms with Gasteiger partial charge in [0.1, 0.15) is 5.65 Å². The van der Waals surface area contributed by atoms with Crippen LogP contribution in [0, 0.1) is 5.92 Å². The molecule has 4 heterocycles. The van der Waals surface area contributed by atoms with Crippen molar-refractivity contribution in [1.29, 1.82) is 0 Å². The van der Waals surface area contributed by atoms with Crippen molar-refractivity contribution in [2.75, 3.05) is 20.3 Å². The van der Waals surface area contributed by atoms with Crippen molar-refractivity contribution in [3.05, 3.63) is 30.1 Å². The Labute approximate surface area is 158 Å². The molecule has 2 N–H and O–H groups in total. The van der Waals surface area contributed by atoms with Crippen LogP contribution in [-0.4, -0.2) is 65.1 Å². The molecule has 6 nitrogen and oxygen atoms in total. The van der Waals surface area contributed by atoms with Crippen molar-refractivity contribution in [2.24, 2.45) is 5.92 Å². The Morgan fingerprint density at radius 1 is 1.29 bits per heavy atom. The Balaban J connectivity index is 1.64. The molecule has 28 heavy (non-hydrogen) atoms. The lowest BCUT2D eigenvalue weighted by atomic mass is 9.79. The maximum atomic E-state index is 15.5. The molecule has 2 aromatic heterocycles. The standard InChI is InChI=1S/C18H20F4N4O2/c1-26-11-5-10(6-12(26)9-28-8-11)17(19,18(20,21)22)25-16(27)14-7-24-15-13(14)3-2-4-23-15/h2-4,7,10-12H,5-6,8-9H2,1H3,(H,23,24)(H,25,27)/t10?,11-,12+,17-/m0/s1. The lowest BCUT2D eigenvalue weighted by molar-refractivity contribution is -0.267. The molecular formula is C18H20F4N4O2. The van der Waals surface area contributed by atoms with E-state index >= 15 is 4.39 Å². The molecule has 0 aliphatic carbocycles. The van der Waals surface area contributed by atoms with Crippen LogP contribution in [0.4, 0.5) is 17.6 Å². The number of rotatable bonds is 3. The van der Waals surface area contributed by atoms with Crippen molar-refractivity contribution < 1.29 is 27.1 Å². The quantitative estimate of drug-likeness (QED) is 0.614. The number of aromatic nitrogens is 2. The molecule has 0 aromatic carbocycles. The van der Waals surface area contributed by atoms with Gasteiger partial charge in [-0.05, 0) is 32.0 Å². The predicted octanol–water partition coefficient (Wildman–Crippen LogP) is 2.63. The molecule has 1 amide bonds. The highest BCUT2D eigenvalue weighted by atomic mass is 19.4. The lowest BCUT2D eigenvalue weighted by Gasteiger charge is -2.49. The van der Waals surface area contributed by atoms with E-state index in [4.69, 9.17) is 4.74 Å². The molecule has 2 aromatic rings. The van der Waals surface area contributed by atoms with E-state index in [0.29, 0.717) is 11.0 Å². The van der Waals surface area contributed by atoms with Gasteiger partial charge in [-0.25, -0.2) is 9.37 Å². The van der Waals surface area contributed by atoms with E-state index < -0.39 is 23.8 Å². The Kier molecular flexibility index (Phi) is 4.58. The van der Waals surface area contributed by atoms with Crippen LogP contribution in [0.15, 0.2) is 24.5 Å². The molecule has 0 radical (unpaired) electrons. The summed E-state index contributed by atoms with van der Waals surface area (Å²) < 4.78 is 62.4. The van der Waals surface area contributed by atoms with Gasteiger partial charge < -0.3 is 15.0 Å². The first-order chi connectivity index (χ1) is 13.2. The van der Waals surface area contributed by atoms with Crippen molar-refractivity contribution in [3.63, 3.8) is 0 Å². The number of halogens is 4. The fourth-order valence-electron chi connectivity index (χ4n) is 4.20. The molecule has 152 valence electrons. The first-order valence-corrected chi connectivity index (χ1v) is 9.00. The van der Waals surface area contributed by atoms with Crippen molar-refractivity contribution in [2.45, 2.75) is 36.9 Å². The number of hydrogen-bond acceptors (Lipinski definition) is 4. The summed E-state index contributed by atoms with van der Waals surface area (Å²) in [5, 5.41) is 2.00. The van der Waals surface area contributed by atoms with Crippen LogP contribution in [0.1, 0.15) is 23.2 Å². The number of alkyl halides is 4. The van der Waals surface area contributed by atoms with Gasteiger partial charge in [0.05, 0.1) is 18.8 Å². The second-order valence-electron chi connectivity index (χ2n) is 7.44. The molecule has 2 aliphatic rings. The van der Waals surface area contributed by atoms with E-state index in [1.54, 1.807) is 24.5 Å². The number of morpholine rings is 1. The molecule has 2 bridgehead atoms. The third kappa shape index (κ3) is 3.04. The van der Waals surface area contributed by atoms with Gasteiger partial charge in [0.25, 0.3) is 11.7 Å². The zero-order chi connectivity index (χ0) is 20.1. The van der Waals surface area contributed by atoms with E-state index in [-0.39, 0.29) is 43.7 Å². The molecule has 1 unspecified atom stereocenters. The van der Waals surface area contributed by atoms with E-state index in [1.165, 1.54) is 12.4 Å². The molecule has 2 saturated heterocycles. The van der Waals surface area contributed by atoms with Crippen LogP contribution in [0.25, 0.3) is 11.0 Å². The number of nitrogens with one attached hydrogen (secondary N) is 2. The van der Waals surface area contributed by atoms with E-state index in [9.17, 15) is 18.0 Å². The number of hydrogen-bond donors (Lipinski definition) is 2. The minimum absolute atomic E-state index is 0.0568. The average molecular weight is 400 g/mol. The second kappa shape index (κ2) is 6.70. The maximum absolute atomic E-state index is 15.5. The van der Waals surface area contributed by atoms with Gasteiger partial charge in [0.2, 0.25) is 0 Å². The Morgan fingerprint density at radius 2 is 1.96 bits per heavy atom. The number of H-pyrrole nitrogens is 1. The highest BCUT2D eigenvalue weighted by molar-refractivity contribution is 6.06. The number of ether oxygens (including phenoxy) is 1. The van der Waals surface area contributed by atoms with Crippen LogP contribution in [0.2, 0.25) is 0 Å². The fourth-order valence-corrected chi connectivity index (χ4v) is 4.20. The van der Waals surface area contributed by atoms with Gasteiger partial charge in [0, 0.05) is 35.8 Å². The van der Waals surface area contributed by atoms with E-state index in [1.807, 2.05) is 4.90 Å². The summed E-state index contributed by atoms with van der Waals surface area (Å²) in [4.78, 5) is 21.2. The number of fused-ring (bicyclic) bond motifs is 3. The predicted molar refractivity (Wildman–Crippen MR) is 92.3 cm³/mol. The highest BCUT2D eigenvalue weighted by Gasteiger charge is 2.63. The number of likely N-dealkylation sites (N-methyl/N-ethyl adjacent to an activating group) is 1. The van der Waals surface area contributed by atoms with E-state index in [2.05, 4.69) is 9.97 Å². The van der Waals surface area contributed by atoms with Gasteiger partial charge in [-0.3, -0.25) is 9.69 Å². The van der Waals surface area contributed by atoms with Crippen molar-refractivity contribution in [1.82, 2.24) is 20.2 Å². The van der Waals surface area contributed by atoms with Crippen LogP contribution >= 0.6 is 0 Å². The smallest absolute Gasteiger partial charge is 0.378 e. The second-order valence-corrected chi connectivity index (χ2v) is 7.44. The molecule has 0 saturated carbocycles. The summed E-state index contributed by atoms with van der Waals surface area (Å²) in [6.07, 6.45) is -2.64. The zero-order valence-corrected chi connectivity index (χ0v) is 15.1. The zero-order valence-electron chi connectivity index (χ0n) is 15.1. The number of piperidine rings is 1. The molecule has 2 fully saturated rings. The molecule has 4 rings (SSSR count). The van der Waals surface area contributed by atoms with Crippen LogP contribution in [-0.2, 0) is 4.74 Å². The number of carbonyl (C=O) groups excluding carboxylic acids is 1. The molecular weight excluding hydrogens is 380 g/mol. The van der Waals surface area contributed by atoms with Gasteiger partial charge in [-0.2, -0.15) is 13.2 Å². The average Bonchev–Trinajstić information content (AvgIpc) is 3.04. The molecule has 4 atom stereocenters. The van der Waals surface area contributed by atoms with E-state index in [0.717, 1.165) is 0 Å². The summed E-state index contributed by atoms with van der Waals surface area (Å²) in [6.45, 7) is 0.499. The number of aromatic amines is 1. The van der Waals surface area contributed by atoms with Gasteiger partial charge in [0.15, 0.2) is 0 Å². The summed E-state index contributed by atoms with van der Waals surface area (Å²) in [6, 6.07) is 2.46. The Bertz CT molecular complexity index is 872.